The SMILES string of the molecule is COc1cccc([C@@H](N)C2CCC2)c1F. The van der Waals surface area contributed by atoms with Crippen LogP contribution in [-0.2, 0) is 0 Å². The first-order chi connectivity index (χ1) is 7.24. The number of rotatable bonds is 3. The molecular weight excluding hydrogens is 193 g/mol. The highest BCUT2D eigenvalue weighted by molar-refractivity contribution is 5.33. The topological polar surface area (TPSA) is 35.2 Å². The molecule has 0 unspecified atom stereocenters. The van der Waals surface area contributed by atoms with E-state index < -0.39 is 0 Å². The number of benzene rings is 1. The van der Waals surface area contributed by atoms with Crippen molar-refractivity contribution in [2.45, 2.75) is 25.3 Å². The molecule has 1 saturated carbocycles. The van der Waals surface area contributed by atoms with E-state index in [9.17, 15) is 4.39 Å². The summed E-state index contributed by atoms with van der Waals surface area (Å²) in [4.78, 5) is 0. The van der Waals surface area contributed by atoms with Crippen molar-refractivity contribution in [2.75, 3.05) is 7.11 Å². The maximum absolute atomic E-state index is 13.8. The molecule has 0 bridgehead atoms. The third-order valence-corrected chi connectivity index (χ3v) is 3.23. The molecular formula is C12H16FNO. The Balaban J connectivity index is 2.26. The number of ether oxygens (including phenoxy) is 1. The summed E-state index contributed by atoms with van der Waals surface area (Å²) in [5.41, 5.74) is 6.61. The summed E-state index contributed by atoms with van der Waals surface area (Å²) >= 11 is 0. The minimum Gasteiger partial charge on any atom is -0.494 e. The summed E-state index contributed by atoms with van der Waals surface area (Å²) in [6.07, 6.45) is 3.43. The lowest BCUT2D eigenvalue weighted by molar-refractivity contribution is 0.259. The van der Waals surface area contributed by atoms with Crippen molar-refractivity contribution in [1.82, 2.24) is 0 Å². The van der Waals surface area contributed by atoms with E-state index in [0.717, 1.165) is 12.8 Å². The first kappa shape index (κ1) is 10.4. The predicted molar refractivity (Wildman–Crippen MR) is 57.2 cm³/mol. The van der Waals surface area contributed by atoms with Gasteiger partial charge in [-0.3, -0.25) is 0 Å². The molecule has 2 N–H and O–H groups in total. The minimum atomic E-state index is -0.306. The Morgan fingerprint density at radius 2 is 2.20 bits per heavy atom. The van der Waals surface area contributed by atoms with E-state index in [2.05, 4.69) is 0 Å². The third-order valence-electron chi connectivity index (χ3n) is 3.23. The van der Waals surface area contributed by atoms with Gasteiger partial charge >= 0.3 is 0 Å². The van der Waals surface area contributed by atoms with Crippen LogP contribution in [0.1, 0.15) is 30.9 Å². The Kier molecular flexibility index (Phi) is 2.91. The lowest BCUT2D eigenvalue weighted by Crippen LogP contribution is -2.27. The van der Waals surface area contributed by atoms with E-state index in [0.29, 0.717) is 11.5 Å². The molecule has 1 fully saturated rings. The van der Waals surface area contributed by atoms with Gasteiger partial charge in [-0.05, 0) is 24.8 Å². The van der Waals surface area contributed by atoms with Crippen molar-refractivity contribution in [3.05, 3.63) is 29.6 Å². The molecule has 82 valence electrons. The second kappa shape index (κ2) is 4.19. The molecule has 1 aliphatic carbocycles. The molecule has 2 nitrogen and oxygen atoms in total. The number of nitrogens with two attached hydrogens (primary N) is 1. The van der Waals surface area contributed by atoms with Crippen LogP contribution in [0.25, 0.3) is 0 Å². The van der Waals surface area contributed by atoms with E-state index in [-0.39, 0.29) is 17.6 Å². The molecule has 1 aromatic rings. The minimum absolute atomic E-state index is 0.186. The molecule has 1 aromatic carbocycles. The van der Waals surface area contributed by atoms with Gasteiger partial charge in [-0.2, -0.15) is 0 Å². The van der Waals surface area contributed by atoms with Crippen molar-refractivity contribution in [2.24, 2.45) is 11.7 Å². The number of hydrogen-bond acceptors (Lipinski definition) is 2. The van der Waals surface area contributed by atoms with Gasteiger partial charge in [0.15, 0.2) is 11.6 Å². The molecule has 3 heteroatoms. The molecule has 0 heterocycles. The highest BCUT2D eigenvalue weighted by Crippen LogP contribution is 2.38. The average Bonchev–Trinajstić information content (AvgIpc) is 2.15. The van der Waals surface area contributed by atoms with E-state index in [4.69, 9.17) is 10.5 Å². The zero-order valence-electron chi connectivity index (χ0n) is 8.87. The van der Waals surface area contributed by atoms with Crippen LogP contribution in [0.4, 0.5) is 4.39 Å². The van der Waals surface area contributed by atoms with Gasteiger partial charge in [0.1, 0.15) is 0 Å². The smallest absolute Gasteiger partial charge is 0.169 e. The highest BCUT2D eigenvalue weighted by atomic mass is 19.1. The Labute approximate surface area is 89.2 Å². The Hall–Kier alpha value is -1.09. The standard InChI is InChI=1S/C12H16FNO/c1-15-10-7-3-6-9(11(10)13)12(14)8-4-2-5-8/h3,6-8,12H,2,4-5,14H2,1H3/t12-/m0/s1. The second-order valence-corrected chi connectivity index (χ2v) is 4.08. The van der Waals surface area contributed by atoms with Crippen LogP contribution >= 0.6 is 0 Å². The Bertz CT molecular complexity index is 349. The molecule has 0 aromatic heterocycles. The second-order valence-electron chi connectivity index (χ2n) is 4.08. The van der Waals surface area contributed by atoms with Crippen molar-refractivity contribution >= 4 is 0 Å². The van der Waals surface area contributed by atoms with Crippen molar-refractivity contribution in [3.8, 4) is 5.75 Å². The van der Waals surface area contributed by atoms with E-state index in [1.54, 1.807) is 18.2 Å². The molecule has 1 atom stereocenters. The third kappa shape index (κ3) is 1.84. The van der Waals surface area contributed by atoms with E-state index >= 15 is 0 Å². The molecule has 0 aliphatic heterocycles. The zero-order chi connectivity index (χ0) is 10.8. The maximum Gasteiger partial charge on any atom is 0.169 e. The van der Waals surface area contributed by atoms with Crippen molar-refractivity contribution < 1.29 is 9.13 Å². The molecule has 1 aliphatic rings. The Morgan fingerprint density at radius 3 is 2.73 bits per heavy atom. The highest BCUT2D eigenvalue weighted by Gasteiger charge is 2.28. The molecule has 2 rings (SSSR count). The van der Waals surface area contributed by atoms with Gasteiger partial charge in [0, 0.05) is 11.6 Å². The quantitative estimate of drug-likeness (QED) is 0.830. The van der Waals surface area contributed by atoms with Gasteiger partial charge in [-0.1, -0.05) is 18.6 Å². The fourth-order valence-electron chi connectivity index (χ4n) is 2.00. The molecule has 15 heavy (non-hydrogen) atoms. The van der Waals surface area contributed by atoms with Crippen LogP contribution in [0, 0.1) is 11.7 Å². The maximum atomic E-state index is 13.8. The molecule has 0 spiro atoms. The first-order valence-electron chi connectivity index (χ1n) is 5.32. The van der Waals surface area contributed by atoms with Crippen molar-refractivity contribution in [3.63, 3.8) is 0 Å². The van der Waals surface area contributed by atoms with Crippen molar-refractivity contribution in [1.29, 1.82) is 0 Å². The summed E-state index contributed by atoms with van der Waals surface area (Å²) in [5, 5.41) is 0. The number of hydrogen-bond donors (Lipinski definition) is 1. The number of methoxy groups -OCH3 is 1. The zero-order valence-corrected chi connectivity index (χ0v) is 8.87. The van der Waals surface area contributed by atoms with Crippen LogP contribution in [-0.4, -0.2) is 7.11 Å². The average molecular weight is 209 g/mol. The van der Waals surface area contributed by atoms with Gasteiger partial charge in [-0.15, -0.1) is 0 Å². The largest absolute Gasteiger partial charge is 0.494 e. The fourth-order valence-corrected chi connectivity index (χ4v) is 2.00. The van der Waals surface area contributed by atoms with Gasteiger partial charge in [0.25, 0.3) is 0 Å². The van der Waals surface area contributed by atoms with Gasteiger partial charge < -0.3 is 10.5 Å². The van der Waals surface area contributed by atoms with Crippen LogP contribution in [0.5, 0.6) is 5.75 Å². The summed E-state index contributed by atoms with van der Waals surface area (Å²) in [7, 11) is 1.47. The van der Waals surface area contributed by atoms with Gasteiger partial charge in [0.05, 0.1) is 7.11 Å². The van der Waals surface area contributed by atoms with Crippen LogP contribution in [0.2, 0.25) is 0 Å². The summed E-state index contributed by atoms with van der Waals surface area (Å²) in [6.45, 7) is 0. The normalized spacial score (nSPS) is 18.3. The summed E-state index contributed by atoms with van der Waals surface area (Å²) in [6, 6.07) is 4.97. The van der Waals surface area contributed by atoms with Crippen LogP contribution < -0.4 is 10.5 Å². The van der Waals surface area contributed by atoms with Crippen LogP contribution in [0.3, 0.4) is 0 Å². The lowest BCUT2D eigenvalue weighted by atomic mass is 9.77. The monoisotopic (exact) mass is 209 g/mol. The molecule has 0 amide bonds. The summed E-state index contributed by atoms with van der Waals surface area (Å²) < 4.78 is 18.8. The predicted octanol–water partition coefficient (Wildman–Crippen LogP) is 2.63. The van der Waals surface area contributed by atoms with E-state index in [1.165, 1.54) is 13.5 Å². The van der Waals surface area contributed by atoms with Gasteiger partial charge in [0.2, 0.25) is 0 Å². The molecule has 0 saturated heterocycles. The fraction of sp³-hybridized carbons (Fsp3) is 0.500. The Morgan fingerprint density at radius 1 is 1.47 bits per heavy atom. The van der Waals surface area contributed by atoms with Crippen LogP contribution in [0.15, 0.2) is 18.2 Å². The molecule has 0 radical (unpaired) electrons. The van der Waals surface area contributed by atoms with E-state index in [1.807, 2.05) is 0 Å². The first-order valence-corrected chi connectivity index (χ1v) is 5.32. The summed E-state index contributed by atoms with van der Waals surface area (Å²) in [5.74, 6) is 0.410. The van der Waals surface area contributed by atoms with Gasteiger partial charge in [-0.25, -0.2) is 4.39 Å². The lowest BCUT2D eigenvalue weighted by Gasteiger charge is -2.31. The number of halogens is 1.